The molecule has 1 aliphatic carbocycles. The largest absolute Gasteiger partial charge is 0.371 e. The fourth-order valence-corrected chi connectivity index (χ4v) is 5.55. The molecule has 1 saturated heterocycles. The highest BCUT2D eigenvalue weighted by atomic mass is 32.1. The van der Waals surface area contributed by atoms with Crippen LogP contribution < -0.4 is 0 Å². The minimum Gasteiger partial charge on any atom is -0.371 e. The Hall–Kier alpha value is -2.54. The van der Waals surface area contributed by atoms with Crippen LogP contribution in [0.15, 0.2) is 36.2 Å². The van der Waals surface area contributed by atoms with Crippen LogP contribution in [0.5, 0.6) is 0 Å². The number of thiazole rings is 1. The molecule has 7 heteroatoms. The minimum absolute atomic E-state index is 0.0170. The first-order valence-corrected chi connectivity index (χ1v) is 11.2. The van der Waals surface area contributed by atoms with Gasteiger partial charge < -0.3 is 9.80 Å². The summed E-state index contributed by atoms with van der Waals surface area (Å²) in [6, 6.07) is 1.71. The van der Waals surface area contributed by atoms with E-state index >= 15 is 0 Å². The van der Waals surface area contributed by atoms with Crippen LogP contribution in [0.4, 0.5) is 0 Å². The summed E-state index contributed by atoms with van der Waals surface area (Å²) in [6.07, 6.45) is 12.2. The number of allylic oxidation sites excluding steroid dienone is 3. The molecule has 0 aromatic carbocycles. The molecule has 5 rings (SSSR count). The van der Waals surface area contributed by atoms with Crippen LogP contribution >= 0.6 is 11.3 Å². The van der Waals surface area contributed by atoms with Crippen molar-refractivity contribution in [2.75, 3.05) is 26.2 Å². The number of amides is 1. The van der Waals surface area contributed by atoms with Gasteiger partial charge in [-0.3, -0.25) is 4.79 Å². The van der Waals surface area contributed by atoms with Crippen LogP contribution in [0.3, 0.4) is 0 Å². The monoisotopic (exact) mass is 407 g/mol. The number of carbonyl (C=O) groups is 1. The quantitative estimate of drug-likeness (QED) is 0.782. The molecule has 150 valence electrons. The van der Waals surface area contributed by atoms with Crippen molar-refractivity contribution in [2.24, 2.45) is 0 Å². The molecular formula is C22H25N5OS. The number of carbonyl (C=O) groups excluding carboxylic acids is 1. The van der Waals surface area contributed by atoms with Crippen molar-refractivity contribution in [3.05, 3.63) is 63.3 Å². The van der Waals surface area contributed by atoms with E-state index in [1.54, 1.807) is 12.3 Å². The zero-order valence-corrected chi connectivity index (χ0v) is 17.5. The van der Waals surface area contributed by atoms with E-state index in [1.807, 2.05) is 23.2 Å². The Kier molecular flexibility index (Phi) is 4.91. The summed E-state index contributed by atoms with van der Waals surface area (Å²) in [5.41, 5.74) is 3.15. The summed E-state index contributed by atoms with van der Waals surface area (Å²) in [7, 11) is 0. The van der Waals surface area contributed by atoms with Crippen molar-refractivity contribution in [3.63, 3.8) is 0 Å². The SMILES string of the molecule is Cc1nccc(C(=O)N2CCC(c3nc4c(s3)CCN(C3=CC=C3)CC4)CC2)n1. The number of likely N-dealkylation sites (tertiary alicyclic amines) is 1. The predicted molar refractivity (Wildman–Crippen MR) is 113 cm³/mol. The van der Waals surface area contributed by atoms with Gasteiger partial charge in [-0.15, -0.1) is 11.3 Å². The minimum atomic E-state index is 0.0170. The number of piperidine rings is 1. The molecule has 1 fully saturated rings. The molecule has 6 nitrogen and oxygen atoms in total. The first-order chi connectivity index (χ1) is 14.2. The Morgan fingerprint density at radius 2 is 1.93 bits per heavy atom. The maximum Gasteiger partial charge on any atom is 0.272 e. The van der Waals surface area contributed by atoms with E-state index in [1.165, 1.54) is 21.3 Å². The molecule has 3 aliphatic rings. The average molecular weight is 408 g/mol. The van der Waals surface area contributed by atoms with E-state index in [2.05, 4.69) is 33.1 Å². The van der Waals surface area contributed by atoms with E-state index in [9.17, 15) is 4.79 Å². The van der Waals surface area contributed by atoms with Gasteiger partial charge in [0.25, 0.3) is 5.91 Å². The zero-order valence-electron chi connectivity index (χ0n) is 16.7. The number of hydrogen-bond acceptors (Lipinski definition) is 6. The topological polar surface area (TPSA) is 62.2 Å². The van der Waals surface area contributed by atoms with Gasteiger partial charge in [-0.2, -0.15) is 0 Å². The molecule has 0 bridgehead atoms. The molecule has 0 spiro atoms. The molecule has 0 atom stereocenters. The number of fused-ring (bicyclic) bond motifs is 1. The second-order valence-corrected chi connectivity index (χ2v) is 9.03. The van der Waals surface area contributed by atoms with Crippen LogP contribution in [0, 0.1) is 6.92 Å². The van der Waals surface area contributed by atoms with Gasteiger partial charge in [0.05, 0.1) is 10.7 Å². The molecule has 4 heterocycles. The zero-order chi connectivity index (χ0) is 19.8. The van der Waals surface area contributed by atoms with Gasteiger partial charge in [-0.25, -0.2) is 15.0 Å². The van der Waals surface area contributed by atoms with Crippen LogP contribution in [0.1, 0.15) is 50.7 Å². The second-order valence-electron chi connectivity index (χ2n) is 7.92. The molecule has 1 amide bonds. The number of rotatable bonds is 3. The van der Waals surface area contributed by atoms with Crippen LogP contribution in [0.2, 0.25) is 0 Å². The van der Waals surface area contributed by atoms with Crippen molar-refractivity contribution >= 4 is 17.2 Å². The van der Waals surface area contributed by atoms with Gasteiger partial charge in [0, 0.05) is 61.7 Å². The first kappa shape index (κ1) is 18.5. The lowest BCUT2D eigenvalue weighted by molar-refractivity contribution is 0.0706. The lowest BCUT2D eigenvalue weighted by Gasteiger charge is -2.31. The predicted octanol–water partition coefficient (Wildman–Crippen LogP) is 3.12. The highest BCUT2D eigenvalue weighted by Gasteiger charge is 2.28. The second kappa shape index (κ2) is 7.71. The molecule has 0 radical (unpaired) electrons. The van der Waals surface area contributed by atoms with Gasteiger partial charge in [-0.05, 0) is 38.0 Å². The third-order valence-corrected chi connectivity index (χ3v) is 7.37. The van der Waals surface area contributed by atoms with Crippen LogP contribution in [-0.4, -0.2) is 56.8 Å². The van der Waals surface area contributed by atoms with E-state index in [0.717, 1.165) is 51.9 Å². The summed E-state index contributed by atoms with van der Waals surface area (Å²) < 4.78 is 0. The Morgan fingerprint density at radius 3 is 2.66 bits per heavy atom. The fourth-order valence-electron chi connectivity index (χ4n) is 4.28. The van der Waals surface area contributed by atoms with E-state index < -0.39 is 0 Å². The molecule has 0 saturated carbocycles. The first-order valence-electron chi connectivity index (χ1n) is 10.4. The Morgan fingerprint density at radius 1 is 1.14 bits per heavy atom. The molecular weight excluding hydrogens is 382 g/mol. The van der Waals surface area contributed by atoms with Crippen molar-refractivity contribution in [3.8, 4) is 0 Å². The van der Waals surface area contributed by atoms with Gasteiger partial charge in [0.15, 0.2) is 0 Å². The molecule has 0 unspecified atom stereocenters. The number of aromatic nitrogens is 3. The Balaban J connectivity index is 1.20. The van der Waals surface area contributed by atoms with E-state index in [0.29, 0.717) is 17.4 Å². The lowest BCUT2D eigenvalue weighted by atomic mass is 9.97. The maximum absolute atomic E-state index is 12.7. The average Bonchev–Trinajstić information content (AvgIpc) is 3.02. The highest BCUT2D eigenvalue weighted by Crippen LogP contribution is 2.34. The molecule has 2 aliphatic heterocycles. The third-order valence-electron chi connectivity index (χ3n) is 6.05. The van der Waals surface area contributed by atoms with Gasteiger partial charge in [-0.1, -0.05) is 6.08 Å². The number of nitrogens with zero attached hydrogens (tertiary/aromatic N) is 5. The highest BCUT2D eigenvalue weighted by molar-refractivity contribution is 7.11. The summed E-state index contributed by atoms with van der Waals surface area (Å²) in [4.78, 5) is 32.0. The van der Waals surface area contributed by atoms with Crippen molar-refractivity contribution < 1.29 is 4.79 Å². The molecule has 2 aromatic heterocycles. The van der Waals surface area contributed by atoms with E-state index in [4.69, 9.17) is 4.98 Å². The number of aryl methyl sites for hydroxylation is 1. The molecule has 2 aromatic rings. The van der Waals surface area contributed by atoms with Crippen molar-refractivity contribution in [1.82, 2.24) is 24.8 Å². The standard InChI is InChI=1S/C22H25N5OS/c1-15-23-10-5-19(24-15)22(28)27-11-6-16(7-12-27)21-25-18-8-13-26(17-3-2-4-17)14-9-20(18)29-21/h2-5,10,16H,6-9,11-14H2,1H3. The maximum atomic E-state index is 12.7. The third kappa shape index (κ3) is 3.71. The lowest BCUT2D eigenvalue weighted by Crippen LogP contribution is -2.38. The molecule has 29 heavy (non-hydrogen) atoms. The van der Waals surface area contributed by atoms with Gasteiger partial charge in [0.2, 0.25) is 0 Å². The summed E-state index contributed by atoms with van der Waals surface area (Å²) in [6.45, 7) is 5.48. The van der Waals surface area contributed by atoms with Gasteiger partial charge >= 0.3 is 0 Å². The summed E-state index contributed by atoms with van der Waals surface area (Å²) in [5.74, 6) is 1.12. The van der Waals surface area contributed by atoms with Crippen LogP contribution in [0.25, 0.3) is 0 Å². The van der Waals surface area contributed by atoms with Gasteiger partial charge in [0.1, 0.15) is 11.5 Å². The Bertz CT molecular complexity index is 961. The van der Waals surface area contributed by atoms with Crippen molar-refractivity contribution in [1.29, 1.82) is 0 Å². The van der Waals surface area contributed by atoms with E-state index in [-0.39, 0.29) is 5.91 Å². The number of hydrogen-bond donors (Lipinski definition) is 0. The Labute approximate surface area is 175 Å². The van der Waals surface area contributed by atoms with Crippen molar-refractivity contribution in [2.45, 2.75) is 38.5 Å². The molecule has 0 N–H and O–H groups in total. The fraction of sp³-hybridized carbons (Fsp3) is 0.455. The summed E-state index contributed by atoms with van der Waals surface area (Å²) >= 11 is 1.90. The normalized spacial score (nSPS) is 19.4. The van der Waals surface area contributed by atoms with Crippen LogP contribution in [-0.2, 0) is 12.8 Å². The smallest absolute Gasteiger partial charge is 0.272 e. The summed E-state index contributed by atoms with van der Waals surface area (Å²) in [5, 5.41) is 1.27.